The van der Waals surface area contributed by atoms with Crippen molar-refractivity contribution in [3.8, 4) is 11.8 Å². The molecule has 0 fully saturated rings. The summed E-state index contributed by atoms with van der Waals surface area (Å²) in [6.07, 6.45) is 0. The van der Waals surface area contributed by atoms with E-state index < -0.39 is 0 Å². The standard InChI is InChI=1S/C13H18N2O/c1-13(2,9-14)10-15-8-11-4-6-12(16-3)7-5-11/h4-7,15H,8,10H2,1-3H3. The summed E-state index contributed by atoms with van der Waals surface area (Å²) in [4.78, 5) is 0. The number of ether oxygens (including phenoxy) is 1. The van der Waals surface area contributed by atoms with Crippen LogP contribution >= 0.6 is 0 Å². The lowest BCUT2D eigenvalue weighted by molar-refractivity contribution is 0.414. The number of hydrogen-bond donors (Lipinski definition) is 1. The van der Waals surface area contributed by atoms with Crippen LogP contribution in [0.15, 0.2) is 24.3 Å². The second-order valence-corrected chi connectivity index (χ2v) is 4.45. The summed E-state index contributed by atoms with van der Waals surface area (Å²) in [5.74, 6) is 0.862. The lowest BCUT2D eigenvalue weighted by atomic mass is 9.96. The van der Waals surface area contributed by atoms with Gasteiger partial charge in [0.2, 0.25) is 0 Å². The third-order valence-corrected chi connectivity index (χ3v) is 2.36. The molecule has 0 radical (unpaired) electrons. The van der Waals surface area contributed by atoms with Gasteiger partial charge in [0.1, 0.15) is 5.75 Å². The fourth-order valence-corrected chi connectivity index (χ4v) is 1.30. The molecule has 0 unspecified atom stereocenters. The maximum Gasteiger partial charge on any atom is 0.118 e. The second kappa shape index (κ2) is 5.53. The fourth-order valence-electron chi connectivity index (χ4n) is 1.30. The SMILES string of the molecule is COc1ccc(CNCC(C)(C)C#N)cc1. The number of benzene rings is 1. The maximum atomic E-state index is 8.85. The molecular weight excluding hydrogens is 200 g/mol. The smallest absolute Gasteiger partial charge is 0.118 e. The lowest BCUT2D eigenvalue weighted by Gasteiger charge is -2.15. The number of nitriles is 1. The van der Waals surface area contributed by atoms with Gasteiger partial charge in [-0.15, -0.1) is 0 Å². The summed E-state index contributed by atoms with van der Waals surface area (Å²) >= 11 is 0. The third-order valence-electron chi connectivity index (χ3n) is 2.36. The Morgan fingerprint density at radius 1 is 1.31 bits per heavy atom. The van der Waals surface area contributed by atoms with Crippen molar-refractivity contribution in [2.75, 3.05) is 13.7 Å². The van der Waals surface area contributed by atoms with Crippen molar-refractivity contribution in [1.29, 1.82) is 5.26 Å². The molecule has 3 heteroatoms. The van der Waals surface area contributed by atoms with Gasteiger partial charge in [0.15, 0.2) is 0 Å². The first kappa shape index (κ1) is 12.5. The van der Waals surface area contributed by atoms with Crippen molar-refractivity contribution in [2.24, 2.45) is 5.41 Å². The Hall–Kier alpha value is -1.53. The molecule has 0 aromatic heterocycles. The summed E-state index contributed by atoms with van der Waals surface area (Å²) in [6, 6.07) is 10.2. The number of nitrogens with zero attached hydrogens (tertiary/aromatic N) is 1. The van der Waals surface area contributed by atoms with Gasteiger partial charge in [-0.05, 0) is 31.5 Å². The van der Waals surface area contributed by atoms with Crippen LogP contribution in [0.1, 0.15) is 19.4 Å². The molecule has 0 aliphatic heterocycles. The van der Waals surface area contributed by atoms with E-state index in [1.54, 1.807) is 7.11 Å². The molecule has 3 nitrogen and oxygen atoms in total. The molecule has 0 spiro atoms. The average Bonchev–Trinajstić information content (AvgIpc) is 2.30. The van der Waals surface area contributed by atoms with Crippen molar-refractivity contribution < 1.29 is 4.74 Å². The van der Waals surface area contributed by atoms with Gasteiger partial charge in [-0.1, -0.05) is 12.1 Å². The Bertz CT molecular complexity index is 363. The molecule has 0 heterocycles. The Kier molecular flexibility index (Phi) is 4.33. The molecule has 0 aliphatic rings. The number of hydrogen-bond acceptors (Lipinski definition) is 3. The van der Waals surface area contributed by atoms with Gasteiger partial charge in [-0.25, -0.2) is 0 Å². The summed E-state index contributed by atoms with van der Waals surface area (Å²) in [5.41, 5.74) is 0.876. The molecule has 0 aliphatic carbocycles. The van der Waals surface area contributed by atoms with E-state index in [0.717, 1.165) is 12.3 Å². The molecule has 1 aromatic carbocycles. The van der Waals surface area contributed by atoms with Crippen LogP contribution in [0, 0.1) is 16.7 Å². The van der Waals surface area contributed by atoms with Crippen molar-refractivity contribution in [2.45, 2.75) is 20.4 Å². The molecular formula is C13H18N2O. The molecule has 0 saturated heterocycles. The molecule has 0 atom stereocenters. The number of rotatable bonds is 5. The molecule has 1 N–H and O–H groups in total. The zero-order chi connectivity index (χ0) is 12.0. The van der Waals surface area contributed by atoms with Gasteiger partial charge in [0.05, 0.1) is 18.6 Å². The zero-order valence-electron chi connectivity index (χ0n) is 10.1. The predicted octanol–water partition coefficient (Wildman–Crippen LogP) is 2.33. The van der Waals surface area contributed by atoms with Crippen LogP contribution in [-0.4, -0.2) is 13.7 Å². The minimum absolute atomic E-state index is 0.313. The summed E-state index contributed by atoms with van der Waals surface area (Å²) in [6.45, 7) is 5.31. The predicted molar refractivity (Wildman–Crippen MR) is 64.1 cm³/mol. The van der Waals surface area contributed by atoms with Crippen molar-refractivity contribution >= 4 is 0 Å². The first-order valence-electron chi connectivity index (χ1n) is 5.32. The van der Waals surface area contributed by atoms with Crippen molar-refractivity contribution in [3.63, 3.8) is 0 Å². The van der Waals surface area contributed by atoms with Crippen LogP contribution < -0.4 is 10.1 Å². The molecule has 1 aromatic rings. The van der Waals surface area contributed by atoms with Crippen molar-refractivity contribution in [1.82, 2.24) is 5.32 Å². The van der Waals surface area contributed by atoms with E-state index in [1.807, 2.05) is 38.1 Å². The fraction of sp³-hybridized carbons (Fsp3) is 0.462. The largest absolute Gasteiger partial charge is 0.497 e. The highest BCUT2D eigenvalue weighted by molar-refractivity contribution is 5.27. The second-order valence-electron chi connectivity index (χ2n) is 4.45. The maximum absolute atomic E-state index is 8.85. The van der Waals surface area contributed by atoms with Gasteiger partial charge >= 0.3 is 0 Å². The molecule has 0 amide bonds. The van der Waals surface area contributed by atoms with E-state index in [9.17, 15) is 0 Å². The highest BCUT2D eigenvalue weighted by Crippen LogP contribution is 2.13. The van der Waals surface area contributed by atoms with E-state index in [0.29, 0.717) is 6.54 Å². The molecule has 0 saturated carbocycles. The Balaban J connectivity index is 2.41. The summed E-state index contributed by atoms with van der Waals surface area (Å²) < 4.78 is 5.08. The van der Waals surface area contributed by atoms with Gasteiger partial charge in [-0.2, -0.15) is 5.26 Å². The topological polar surface area (TPSA) is 45.0 Å². The highest BCUT2D eigenvalue weighted by Gasteiger charge is 2.15. The molecule has 86 valence electrons. The van der Waals surface area contributed by atoms with E-state index >= 15 is 0 Å². The van der Waals surface area contributed by atoms with Crippen LogP contribution in [-0.2, 0) is 6.54 Å². The normalized spacial score (nSPS) is 10.9. The van der Waals surface area contributed by atoms with E-state index in [4.69, 9.17) is 10.00 Å². The Morgan fingerprint density at radius 2 is 1.94 bits per heavy atom. The highest BCUT2D eigenvalue weighted by atomic mass is 16.5. The molecule has 1 rings (SSSR count). The van der Waals surface area contributed by atoms with Gasteiger partial charge in [0.25, 0.3) is 0 Å². The molecule has 0 bridgehead atoms. The van der Waals surface area contributed by atoms with Crippen LogP contribution in [0.3, 0.4) is 0 Å². The van der Waals surface area contributed by atoms with Gasteiger partial charge in [0, 0.05) is 13.1 Å². The number of methoxy groups -OCH3 is 1. The van der Waals surface area contributed by atoms with Gasteiger partial charge in [-0.3, -0.25) is 0 Å². The monoisotopic (exact) mass is 218 g/mol. The molecule has 16 heavy (non-hydrogen) atoms. The van der Waals surface area contributed by atoms with E-state index in [1.165, 1.54) is 5.56 Å². The minimum Gasteiger partial charge on any atom is -0.497 e. The van der Waals surface area contributed by atoms with E-state index in [-0.39, 0.29) is 5.41 Å². The average molecular weight is 218 g/mol. The minimum atomic E-state index is -0.313. The third kappa shape index (κ3) is 3.92. The number of nitrogens with one attached hydrogen (secondary N) is 1. The first-order chi connectivity index (χ1) is 7.57. The van der Waals surface area contributed by atoms with Crippen LogP contribution in [0.4, 0.5) is 0 Å². The van der Waals surface area contributed by atoms with Crippen LogP contribution in [0.25, 0.3) is 0 Å². The quantitative estimate of drug-likeness (QED) is 0.825. The summed E-state index contributed by atoms with van der Waals surface area (Å²) in [5, 5.41) is 12.1. The lowest BCUT2D eigenvalue weighted by Crippen LogP contribution is -2.27. The van der Waals surface area contributed by atoms with Crippen LogP contribution in [0.5, 0.6) is 5.75 Å². The Morgan fingerprint density at radius 3 is 2.44 bits per heavy atom. The summed E-state index contributed by atoms with van der Waals surface area (Å²) in [7, 11) is 1.66. The first-order valence-corrected chi connectivity index (χ1v) is 5.32. The zero-order valence-corrected chi connectivity index (χ0v) is 10.1. The van der Waals surface area contributed by atoms with E-state index in [2.05, 4.69) is 11.4 Å². The van der Waals surface area contributed by atoms with Gasteiger partial charge < -0.3 is 10.1 Å². The van der Waals surface area contributed by atoms with Crippen molar-refractivity contribution in [3.05, 3.63) is 29.8 Å². The van der Waals surface area contributed by atoms with Crippen LogP contribution in [0.2, 0.25) is 0 Å². The Labute approximate surface area is 97.0 Å².